The van der Waals surface area contributed by atoms with Crippen LogP contribution in [0.5, 0.6) is 0 Å². The number of anilines is 1. The largest absolute Gasteiger partial charge is 0.355 e. The molecule has 2 aromatic rings. The fourth-order valence-electron chi connectivity index (χ4n) is 2.10. The average Bonchev–Trinajstić information content (AvgIpc) is 2.58. The molecule has 0 unspecified atom stereocenters. The molecule has 0 aromatic heterocycles. The Morgan fingerprint density at radius 3 is 2.48 bits per heavy atom. The fourth-order valence-corrected chi connectivity index (χ4v) is 2.87. The number of halogens is 1. The summed E-state index contributed by atoms with van der Waals surface area (Å²) in [4.78, 5) is 24.7. The molecule has 0 saturated carbocycles. The van der Waals surface area contributed by atoms with Gasteiger partial charge in [0, 0.05) is 35.7 Å². The minimum atomic E-state index is -0.415. The summed E-state index contributed by atoms with van der Waals surface area (Å²) in [6.45, 7) is 2.59. The summed E-state index contributed by atoms with van der Waals surface area (Å²) in [5.74, 6) is -0.125. The van der Waals surface area contributed by atoms with Crippen molar-refractivity contribution in [1.29, 1.82) is 0 Å². The van der Waals surface area contributed by atoms with Crippen LogP contribution < -0.4 is 10.6 Å². The van der Waals surface area contributed by atoms with E-state index in [1.807, 2.05) is 6.92 Å². The van der Waals surface area contributed by atoms with Gasteiger partial charge in [0.15, 0.2) is 0 Å². The second-order valence-electron chi connectivity index (χ2n) is 5.57. The second-order valence-corrected chi connectivity index (χ2v) is 6.74. The van der Waals surface area contributed by atoms with Crippen molar-refractivity contribution < 1.29 is 14.0 Å². The zero-order valence-electron chi connectivity index (χ0n) is 14.0. The van der Waals surface area contributed by atoms with Crippen molar-refractivity contribution in [2.45, 2.75) is 24.7 Å². The van der Waals surface area contributed by atoms with Gasteiger partial charge in [-0.05, 0) is 37.3 Å². The van der Waals surface area contributed by atoms with E-state index in [-0.39, 0.29) is 24.7 Å². The van der Waals surface area contributed by atoms with Crippen LogP contribution in [0, 0.1) is 12.7 Å². The first kappa shape index (κ1) is 19.0. The van der Waals surface area contributed by atoms with E-state index in [1.165, 1.54) is 23.8 Å². The number of hydrogen-bond acceptors (Lipinski definition) is 3. The number of carbonyl (C=O) groups excluding carboxylic acids is 2. The molecule has 0 heterocycles. The maximum Gasteiger partial charge on any atom is 0.224 e. The summed E-state index contributed by atoms with van der Waals surface area (Å²) < 4.78 is 13.0. The van der Waals surface area contributed by atoms with Gasteiger partial charge in [-0.3, -0.25) is 9.59 Å². The molecule has 2 N–H and O–H groups in total. The summed E-state index contributed by atoms with van der Waals surface area (Å²) in [7, 11) is 0. The predicted octanol–water partition coefficient (Wildman–Crippen LogP) is 3.76. The molecule has 0 radical (unpaired) electrons. The summed E-state index contributed by atoms with van der Waals surface area (Å²) in [5, 5.41) is 5.36. The molecule has 2 rings (SSSR count). The summed E-state index contributed by atoms with van der Waals surface area (Å²) in [5.41, 5.74) is 1.61. The van der Waals surface area contributed by atoms with Crippen LogP contribution in [-0.4, -0.2) is 24.1 Å². The first-order valence-electron chi connectivity index (χ1n) is 8.04. The highest BCUT2D eigenvalue weighted by Crippen LogP contribution is 2.17. The van der Waals surface area contributed by atoms with E-state index in [1.54, 1.807) is 17.8 Å². The van der Waals surface area contributed by atoms with Gasteiger partial charge >= 0.3 is 0 Å². The molecule has 0 spiro atoms. The zero-order valence-corrected chi connectivity index (χ0v) is 14.9. The molecule has 0 aliphatic rings. The van der Waals surface area contributed by atoms with Crippen molar-refractivity contribution in [3.05, 3.63) is 59.9 Å². The van der Waals surface area contributed by atoms with Crippen molar-refractivity contribution in [1.82, 2.24) is 5.32 Å². The second kappa shape index (κ2) is 9.84. The lowest BCUT2D eigenvalue weighted by Gasteiger charge is -2.07. The number of nitrogens with one attached hydrogen (secondary N) is 2. The van der Waals surface area contributed by atoms with Gasteiger partial charge in [0.2, 0.25) is 11.8 Å². The Balaban J connectivity index is 1.60. The van der Waals surface area contributed by atoms with Crippen LogP contribution in [-0.2, 0) is 9.59 Å². The quantitative estimate of drug-likeness (QED) is 0.557. The molecular weight excluding hydrogens is 339 g/mol. The first-order valence-corrected chi connectivity index (χ1v) is 9.03. The van der Waals surface area contributed by atoms with Crippen LogP contribution in [0.4, 0.5) is 10.1 Å². The third-order valence-electron chi connectivity index (χ3n) is 3.40. The Kier molecular flexibility index (Phi) is 7.47. The van der Waals surface area contributed by atoms with Gasteiger partial charge < -0.3 is 10.6 Å². The number of amides is 2. The van der Waals surface area contributed by atoms with Crippen LogP contribution >= 0.6 is 11.8 Å². The van der Waals surface area contributed by atoms with Crippen LogP contribution in [0.3, 0.4) is 0 Å². The molecule has 2 aromatic carbocycles. The van der Waals surface area contributed by atoms with Gasteiger partial charge in [0.25, 0.3) is 0 Å². The lowest BCUT2D eigenvalue weighted by molar-refractivity contribution is -0.124. The molecule has 0 bridgehead atoms. The Morgan fingerprint density at radius 1 is 1.04 bits per heavy atom. The van der Waals surface area contributed by atoms with Crippen LogP contribution in [0.15, 0.2) is 53.4 Å². The molecule has 0 saturated heterocycles. The van der Waals surface area contributed by atoms with Crippen LogP contribution in [0.2, 0.25) is 0 Å². The first-order chi connectivity index (χ1) is 12.0. The Bertz CT molecular complexity index is 720. The number of thioether (sulfide) groups is 1. The van der Waals surface area contributed by atoms with Crippen LogP contribution in [0.25, 0.3) is 0 Å². The number of aryl methyl sites for hydroxylation is 1. The predicted molar refractivity (Wildman–Crippen MR) is 99.2 cm³/mol. The molecular formula is C19H21FN2O2S. The number of hydrogen-bond donors (Lipinski definition) is 2. The zero-order chi connectivity index (χ0) is 18.1. The topological polar surface area (TPSA) is 58.2 Å². The van der Waals surface area contributed by atoms with Gasteiger partial charge in [-0.1, -0.05) is 23.8 Å². The molecule has 0 aliphatic carbocycles. The molecule has 2 amide bonds. The number of carbonyl (C=O) groups is 2. The monoisotopic (exact) mass is 360 g/mol. The number of benzene rings is 2. The molecule has 4 nitrogen and oxygen atoms in total. The van der Waals surface area contributed by atoms with Crippen molar-refractivity contribution in [3.8, 4) is 0 Å². The summed E-state index contributed by atoms with van der Waals surface area (Å²) in [6, 6.07) is 13.9. The van der Waals surface area contributed by atoms with E-state index in [0.717, 1.165) is 10.6 Å². The standard InChI is InChI=1S/C19H21FN2O2S/c1-14-5-7-17(8-6-14)25-12-11-21-18(23)9-10-19(24)22-16-4-2-3-15(20)13-16/h2-8,13H,9-12H2,1H3,(H,21,23)(H,22,24). The van der Waals surface area contributed by atoms with E-state index < -0.39 is 5.82 Å². The number of rotatable bonds is 8. The lowest BCUT2D eigenvalue weighted by Crippen LogP contribution is -2.26. The molecule has 25 heavy (non-hydrogen) atoms. The third-order valence-corrected chi connectivity index (χ3v) is 4.42. The highest BCUT2D eigenvalue weighted by Gasteiger charge is 2.07. The third kappa shape index (κ3) is 7.39. The normalized spacial score (nSPS) is 10.3. The van der Waals surface area contributed by atoms with E-state index in [0.29, 0.717) is 12.2 Å². The summed E-state index contributed by atoms with van der Waals surface area (Å²) >= 11 is 1.67. The molecule has 0 aliphatic heterocycles. The van der Waals surface area contributed by atoms with Gasteiger partial charge in [-0.15, -0.1) is 11.8 Å². The highest BCUT2D eigenvalue weighted by atomic mass is 32.2. The minimum absolute atomic E-state index is 0.0629. The molecule has 0 fully saturated rings. The molecule has 6 heteroatoms. The van der Waals surface area contributed by atoms with E-state index in [2.05, 4.69) is 34.9 Å². The Hall–Kier alpha value is -2.34. The Morgan fingerprint density at radius 2 is 1.76 bits per heavy atom. The van der Waals surface area contributed by atoms with Crippen molar-refractivity contribution in [2.75, 3.05) is 17.6 Å². The van der Waals surface area contributed by atoms with Gasteiger partial charge in [0.1, 0.15) is 5.82 Å². The fraction of sp³-hybridized carbons (Fsp3) is 0.263. The van der Waals surface area contributed by atoms with Gasteiger partial charge in [-0.2, -0.15) is 0 Å². The van der Waals surface area contributed by atoms with Crippen molar-refractivity contribution in [3.63, 3.8) is 0 Å². The Labute approximate surface area is 151 Å². The maximum atomic E-state index is 13.0. The maximum absolute atomic E-state index is 13.0. The van der Waals surface area contributed by atoms with E-state index in [4.69, 9.17) is 0 Å². The van der Waals surface area contributed by atoms with E-state index in [9.17, 15) is 14.0 Å². The average molecular weight is 360 g/mol. The van der Waals surface area contributed by atoms with Crippen molar-refractivity contribution in [2.24, 2.45) is 0 Å². The molecule has 0 atom stereocenters. The minimum Gasteiger partial charge on any atom is -0.355 e. The lowest BCUT2D eigenvalue weighted by atomic mass is 10.2. The summed E-state index contributed by atoms with van der Waals surface area (Å²) in [6.07, 6.45) is 0.170. The van der Waals surface area contributed by atoms with Gasteiger partial charge in [0.05, 0.1) is 0 Å². The van der Waals surface area contributed by atoms with Gasteiger partial charge in [-0.25, -0.2) is 4.39 Å². The van der Waals surface area contributed by atoms with E-state index >= 15 is 0 Å². The van der Waals surface area contributed by atoms with Crippen LogP contribution in [0.1, 0.15) is 18.4 Å². The SMILES string of the molecule is Cc1ccc(SCCNC(=O)CCC(=O)Nc2cccc(F)c2)cc1. The smallest absolute Gasteiger partial charge is 0.224 e. The molecule has 132 valence electrons. The van der Waals surface area contributed by atoms with Crippen molar-refractivity contribution >= 4 is 29.3 Å². The highest BCUT2D eigenvalue weighted by molar-refractivity contribution is 7.99.